The zero-order chi connectivity index (χ0) is 8.97. The minimum absolute atomic E-state index is 0.0128. The molecule has 0 amide bonds. The summed E-state index contributed by atoms with van der Waals surface area (Å²) >= 11 is 0. The van der Waals surface area contributed by atoms with Crippen LogP contribution in [-0.2, 0) is 4.79 Å². The van der Waals surface area contributed by atoms with Gasteiger partial charge in [0.25, 0.3) is 0 Å². The van der Waals surface area contributed by atoms with Crippen molar-refractivity contribution >= 4 is 5.78 Å². The van der Waals surface area contributed by atoms with E-state index in [2.05, 4.69) is 4.98 Å². The molecule has 0 fully saturated rings. The van der Waals surface area contributed by atoms with Crippen molar-refractivity contribution in [3.8, 4) is 5.75 Å². The quantitative estimate of drug-likeness (QED) is 0.680. The van der Waals surface area contributed by atoms with Gasteiger partial charge in [0.2, 0.25) is 0 Å². The van der Waals surface area contributed by atoms with E-state index in [-0.39, 0.29) is 5.78 Å². The Morgan fingerprint density at radius 3 is 2.92 bits per heavy atom. The second-order valence-corrected chi connectivity index (χ2v) is 2.56. The molecular formula is C9H11NO2. The molecule has 12 heavy (non-hydrogen) atoms. The number of ketones is 1. The smallest absolute Gasteiger partial charge is 0.169 e. The van der Waals surface area contributed by atoms with Crippen LogP contribution in [0.2, 0.25) is 0 Å². The van der Waals surface area contributed by atoms with Gasteiger partial charge in [-0.1, -0.05) is 0 Å². The molecule has 0 radical (unpaired) electrons. The summed E-state index contributed by atoms with van der Waals surface area (Å²) in [4.78, 5) is 14.7. The molecule has 0 N–H and O–H groups in total. The highest BCUT2D eigenvalue weighted by molar-refractivity contribution is 5.80. The highest BCUT2D eigenvalue weighted by atomic mass is 16.5. The average molecular weight is 165 g/mol. The first kappa shape index (κ1) is 8.71. The largest absolute Gasteiger partial charge is 0.481 e. The normalized spacial score (nSPS) is 12.2. The van der Waals surface area contributed by atoms with Crippen LogP contribution in [0.15, 0.2) is 24.5 Å². The average Bonchev–Trinajstić information content (AvgIpc) is 2.06. The fourth-order valence-corrected chi connectivity index (χ4v) is 0.704. The molecule has 1 rings (SSSR count). The molecule has 0 saturated carbocycles. The molecule has 0 aliphatic rings. The van der Waals surface area contributed by atoms with E-state index >= 15 is 0 Å². The van der Waals surface area contributed by atoms with Gasteiger partial charge in [0.15, 0.2) is 11.9 Å². The molecule has 0 bridgehead atoms. The van der Waals surface area contributed by atoms with Gasteiger partial charge in [0, 0.05) is 6.20 Å². The lowest BCUT2D eigenvalue weighted by Gasteiger charge is -2.09. The maximum atomic E-state index is 10.8. The lowest BCUT2D eigenvalue weighted by molar-refractivity contribution is -0.122. The number of pyridine rings is 1. The molecule has 3 heteroatoms. The molecule has 1 aromatic heterocycles. The molecule has 0 unspecified atom stereocenters. The Labute approximate surface area is 71.4 Å². The number of ether oxygens (including phenoxy) is 1. The Morgan fingerprint density at radius 2 is 2.42 bits per heavy atom. The van der Waals surface area contributed by atoms with Crippen LogP contribution in [-0.4, -0.2) is 16.9 Å². The van der Waals surface area contributed by atoms with Crippen LogP contribution < -0.4 is 4.74 Å². The van der Waals surface area contributed by atoms with E-state index < -0.39 is 6.10 Å². The topological polar surface area (TPSA) is 39.2 Å². The number of carbonyl (C=O) groups is 1. The molecule has 3 nitrogen and oxygen atoms in total. The number of rotatable bonds is 3. The van der Waals surface area contributed by atoms with Crippen molar-refractivity contribution in [2.75, 3.05) is 0 Å². The van der Waals surface area contributed by atoms with Gasteiger partial charge in [-0.25, -0.2) is 0 Å². The molecule has 0 saturated heterocycles. The van der Waals surface area contributed by atoms with Crippen molar-refractivity contribution in [1.82, 2.24) is 4.98 Å². The zero-order valence-corrected chi connectivity index (χ0v) is 7.15. The molecule has 0 aliphatic heterocycles. The van der Waals surface area contributed by atoms with Gasteiger partial charge in [-0.3, -0.25) is 9.78 Å². The van der Waals surface area contributed by atoms with E-state index in [1.54, 1.807) is 31.5 Å². The summed E-state index contributed by atoms with van der Waals surface area (Å²) in [5.41, 5.74) is 0. The van der Waals surface area contributed by atoms with Gasteiger partial charge in [-0.2, -0.15) is 0 Å². The lowest BCUT2D eigenvalue weighted by Crippen LogP contribution is -2.20. The second kappa shape index (κ2) is 3.85. The van der Waals surface area contributed by atoms with Crippen LogP contribution in [0, 0.1) is 0 Å². The van der Waals surface area contributed by atoms with Crippen molar-refractivity contribution < 1.29 is 9.53 Å². The fraction of sp³-hybridized carbons (Fsp3) is 0.333. The van der Waals surface area contributed by atoms with Crippen LogP contribution in [0.1, 0.15) is 13.8 Å². The number of hydrogen-bond acceptors (Lipinski definition) is 3. The van der Waals surface area contributed by atoms with E-state index in [1.807, 2.05) is 0 Å². The van der Waals surface area contributed by atoms with Gasteiger partial charge >= 0.3 is 0 Å². The fourth-order valence-electron chi connectivity index (χ4n) is 0.704. The molecule has 1 aromatic rings. The van der Waals surface area contributed by atoms with Crippen LogP contribution in [0.5, 0.6) is 5.75 Å². The zero-order valence-electron chi connectivity index (χ0n) is 7.15. The summed E-state index contributed by atoms with van der Waals surface area (Å²) in [6.45, 7) is 3.22. The maximum absolute atomic E-state index is 10.8. The van der Waals surface area contributed by atoms with E-state index in [9.17, 15) is 4.79 Å². The molecular weight excluding hydrogens is 154 g/mol. The van der Waals surface area contributed by atoms with Crippen LogP contribution in [0.25, 0.3) is 0 Å². The monoisotopic (exact) mass is 165 g/mol. The summed E-state index contributed by atoms with van der Waals surface area (Å²) in [5, 5.41) is 0. The molecule has 1 heterocycles. The Morgan fingerprint density at radius 1 is 1.67 bits per heavy atom. The minimum Gasteiger partial charge on any atom is -0.481 e. The van der Waals surface area contributed by atoms with Gasteiger partial charge < -0.3 is 4.74 Å². The number of Topliss-reactive ketones (excluding diaryl/α,β-unsaturated/α-hetero) is 1. The standard InChI is InChI=1S/C9H11NO2/c1-7(11)8(2)12-9-4-3-5-10-6-9/h3-6,8H,1-2H3/t8-/m0/s1. The van der Waals surface area contributed by atoms with Crippen molar-refractivity contribution in [3.05, 3.63) is 24.5 Å². The highest BCUT2D eigenvalue weighted by Crippen LogP contribution is 2.08. The summed E-state index contributed by atoms with van der Waals surface area (Å²) in [7, 11) is 0. The van der Waals surface area contributed by atoms with Crippen molar-refractivity contribution in [2.24, 2.45) is 0 Å². The van der Waals surface area contributed by atoms with Crippen LogP contribution >= 0.6 is 0 Å². The van der Waals surface area contributed by atoms with Gasteiger partial charge in [-0.05, 0) is 26.0 Å². The number of carbonyl (C=O) groups excluding carboxylic acids is 1. The SMILES string of the molecule is CC(=O)[C@H](C)Oc1cccnc1. The summed E-state index contributed by atoms with van der Waals surface area (Å²) < 4.78 is 5.26. The number of hydrogen-bond donors (Lipinski definition) is 0. The Bertz CT molecular complexity index is 258. The predicted molar refractivity (Wildman–Crippen MR) is 45.0 cm³/mol. The summed E-state index contributed by atoms with van der Waals surface area (Å²) in [6, 6.07) is 3.54. The third kappa shape index (κ3) is 2.34. The van der Waals surface area contributed by atoms with Crippen molar-refractivity contribution in [3.63, 3.8) is 0 Å². The Kier molecular flexibility index (Phi) is 2.80. The van der Waals surface area contributed by atoms with Gasteiger partial charge in [0.1, 0.15) is 5.75 Å². The van der Waals surface area contributed by atoms with E-state index in [0.717, 1.165) is 0 Å². The van der Waals surface area contributed by atoms with Crippen molar-refractivity contribution in [2.45, 2.75) is 20.0 Å². The third-order valence-electron chi connectivity index (χ3n) is 1.52. The molecule has 1 atom stereocenters. The van der Waals surface area contributed by atoms with Crippen molar-refractivity contribution in [1.29, 1.82) is 0 Å². The van der Waals surface area contributed by atoms with E-state index in [1.165, 1.54) is 6.92 Å². The first-order valence-corrected chi connectivity index (χ1v) is 3.77. The predicted octanol–water partition coefficient (Wildman–Crippen LogP) is 1.44. The van der Waals surface area contributed by atoms with E-state index in [0.29, 0.717) is 5.75 Å². The second-order valence-electron chi connectivity index (χ2n) is 2.56. The van der Waals surface area contributed by atoms with Gasteiger partial charge in [0.05, 0.1) is 6.20 Å². The number of aromatic nitrogens is 1. The lowest BCUT2D eigenvalue weighted by atomic mass is 10.3. The molecule has 64 valence electrons. The third-order valence-corrected chi connectivity index (χ3v) is 1.52. The summed E-state index contributed by atoms with van der Waals surface area (Å²) in [6.07, 6.45) is 2.85. The Hall–Kier alpha value is -1.38. The maximum Gasteiger partial charge on any atom is 0.169 e. The van der Waals surface area contributed by atoms with Crippen LogP contribution in [0.3, 0.4) is 0 Å². The minimum atomic E-state index is -0.394. The number of nitrogens with zero attached hydrogens (tertiary/aromatic N) is 1. The van der Waals surface area contributed by atoms with Crippen LogP contribution in [0.4, 0.5) is 0 Å². The molecule has 0 spiro atoms. The Balaban J connectivity index is 2.58. The van der Waals surface area contributed by atoms with Gasteiger partial charge in [-0.15, -0.1) is 0 Å². The first-order chi connectivity index (χ1) is 5.70. The summed E-state index contributed by atoms with van der Waals surface area (Å²) in [5.74, 6) is 0.638. The molecule has 0 aliphatic carbocycles. The molecule has 0 aromatic carbocycles. The van der Waals surface area contributed by atoms with E-state index in [4.69, 9.17) is 4.74 Å². The highest BCUT2D eigenvalue weighted by Gasteiger charge is 2.07. The first-order valence-electron chi connectivity index (χ1n) is 3.77.